The van der Waals surface area contributed by atoms with Gasteiger partial charge in [-0.3, -0.25) is 10.1 Å². The van der Waals surface area contributed by atoms with E-state index in [1.54, 1.807) is 12.3 Å². The van der Waals surface area contributed by atoms with Crippen molar-refractivity contribution in [2.75, 3.05) is 41.4 Å². The molecular formula is C27H32N8O2S. The average molecular weight is 533 g/mol. The highest BCUT2D eigenvalue weighted by Gasteiger charge is 2.20. The van der Waals surface area contributed by atoms with Crippen molar-refractivity contribution in [3.05, 3.63) is 63.7 Å². The van der Waals surface area contributed by atoms with Crippen LogP contribution in [0, 0.1) is 17.0 Å². The predicted octanol–water partition coefficient (Wildman–Crippen LogP) is 5.67. The van der Waals surface area contributed by atoms with Gasteiger partial charge in [0.15, 0.2) is 0 Å². The molecule has 1 aromatic heterocycles. The minimum Gasteiger partial charge on any atom is -0.341 e. The second kappa shape index (κ2) is 12.2. The van der Waals surface area contributed by atoms with E-state index < -0.39 is 0 Å². The van der Waals surface area contributed by atoms with E-state index in [0.717, 1.165) is 62.3 Å². The van der Waals surface area contributed by atoms with Crippen LogP contribution in [-0.2, 0) is 0 Å². The molecule has 3 heterocycles. The smallest absolute Gasteiger partial charge is 0.283 e. The largest absolute Gasteiger partial charge is 0.341 e. The Morgan fingerprint density at radius 3 is 2.08 bits per heavy atom. The van der Waals surface area contributed by atoms with Crippen LogP contribution in [-0.4, -0.2) is 52.3 Å². The van der Waals surface area contributed by atoms with Crippen molar-refractivity contribution in [3.8, 4) is 0 Å². The van der Waals surface area contributed by atoms with Crippen LogP contribution < -0.4 is 15.2 Å². The summed E-state index contributed by atoms with van der Waals surface area (Å²) in [7, 11) is 0. The van der Waals surface area contributed by atoms with Crippen LogP contribution in [0.25, 0.3) is 0 Å². The summed E-state index contributed by atoms with van der Waals surface area (Å²) in [6.07, 6.45) is 8.52. The van der Waals surface area contributed by atoms with E-state index in [4.69, 9.17) is 4.98 Å². The molecule has 38 heavy (non-hydrogen) atoms. The first-order chi connectivity index (χ1) is 18.5. The van der Waals surface area contributed by atoms with Crippen LogP contribution in [0.4, 0.5) is 23.5 Å². The first-order valence-corrected chi connectivity index (χ1v) is 13.9. The number of piperidine rings is 2. The molecule has 2 fully saturated rings. The van der Waals surface area contributed by atoms with Gasteiger partial charge in [0.2, 0.25) is 17.8 Å². The molecule has 0 amide bonds. The lowest BCUT2D eigenvalue weighted by atomic mass is 10.1. The van der Waals surface area contributed by atoms with Gasteiger partial charge in [0, 0.05) is 42.7 Å². The maximum absolute atomic E-state index is 11.8. The third-order valence-corrected chi connectivity index (χ3v) is 7.77. The lowest BCUT2D eigenvalue weighted by Gasteiger charge is -2.30. The molecule has 0 spiro atoms. The van der Waals surface area contributed by atoms with Crippen LogP contribution >= 0.6 is 11.8 Å². The molecule has 2 aromatic carbocycles. The van der Waals surface area contributed by atoms with Crippen LogP contribution in [0.1, 0.15) is 49.7 Å². The number of rotatable bonds is 8. The van der Waals surface area contributed by atoms with Crippen molar-refractivity contribution in [1.29, 1.82) is 0 Å². The number of nitro benzene ring substituents is 1. The Labute approximate surface area is 226 Å². The molecule has 0 atom stereocenters. The Hall–Kier alpha value is -3.73. The summed E-state index contributed by atoms with van der Waals surface area (Å²) in [6, 6.07) is 13.0. The predicted molar refractivity (Wildman–Crippen MR) is 152 cm³/mol. The molecule has 1 N–H and O–H groups in total. The molecule has 2 aliphatic heterocycles. The number of hydrogen-bond acceptors (Lipinski definition) is 10. The molecule has 0 bridgehead atoms. The molecule has 0 radical (unpaired) electrons. The van der Waals surface area contributed by atoms with Gasteiger partial charge in [-0.05, 0) is 63.6 Å². The van der Waals surface area contributed by atoms with E-state index >= 15 is 0 Å². The van der Waals surface area contributed by atoms with E-state index in [0.29, 0.717) is 28.3 Å². The zero-order valence-corrected chi connectivity index (χ0v) is 22.4. The topological polar surface area (TPSA) is 113 Å². The number of hydrazone groups is 1. The van der Waals surface area contributed by atoms with Gasteiger partial charge in [-0.15, -0.1) is 0 Å². The Morgan fingerprint density at radius 2 is 1.50 bits per heavy atom. The normalized spacial score (nSPS) is 16.1. The second-order valence-electron chi connectivity index (χ2n) is 9.62. The molecule has 10 nitrogen and oxygen atoms in total. The van der Waals surface area contributed by atoms with E-state index in [1.807, 2.05) is 37.3 Å². The average Bonchev–Trinajstić information content (AvgIpc) is 2.95. The zero-order chi connectivity index (χ0) is 26.3. The molecule has 2 saturated heterocycles. The number of benzene rings is 2. The van der Waals surface area contributed by atoms with Gasteiger partial charge in [-0.1, -0.05) is 35.5 Å². The van der Waals surface area contributed by atoms with Crippen LogP contribution in [0.3, 0.4) is 0 Å². The minimum absolute atomic E-state index is 0.0412. The molecule has 2 aliphatic rings. The standard InChI is InChI=1S/C27H32N8O2S/c1-20-8-11-22(12-9-20)38-24-13-10-21(18-23(24)35(36)37)19-28-32-25-29-26(33-14-4-2-5-15-33)31-27(30-25)34-16-6-3-7-17-34/h8-13,18-19H,2-7,14-17H2,1H3,(H,29,30,31,32)/b28-19+. The van der Waals surface area contributed by atoms with E-state index in [-0.39, 0.29) is 10.6 Å². The first-order valence-electron chi connectivity index (χ1n) is 13.1. The highest BCUT2D eigenvalue weighted by atomic mass is 32.2. The highest BCUT2D eigenvalue weighted by Crippen LogP contribution is 2.35. The number of aryl methyl sites for hydroxylation is 1. The maximum atomic E-state index is 11.8. The van der Waals surface area contributed by atoms with Gasteiger partial charge in [0.25, 0.3) is 5.69 Å². The Bertz CT molecular complexity index is 1250. The van der Waals surface area contributed by atoms with Crippen LogP contribution in [0.15, 0.2) is 57.4 Å². The lowest BCUT2D eigenvalue weighted by molar-refractivity contribution is -0.387. The van der Waals surface area contributed by atoms with Gasteiger partial charge in [-0.25, -0.2) is 5.43 Å². The quantitative estimate of drug-likeness (QED) is 0.223. The van der Waals surface area contributed by atoms with Crippen molar-refractivity contribution in [2.24, 2.45) is 5.10 Å². The lowest BCUT2D eigenvalue weighted by Crippen LogP contribution is -2.34. The molecule has 3 aromatic rings. The third kappa shape index (κ3) is 6.58. The monoisotopic (exact) mass is 532 g/mol. The summed E-state index contributed by atoms with van der Waals surface area (Å²) in [4.78, 5) is 31.4. The van der Waals surface area contributed by atoms with Crippen LogP contribution in [0.2, 0.25) is 0 Å². The molecule has 0 saturated carbocycles. The Morgan fingerprint density at radius 1 is 0.895 bits per heavy atom. The summed E-state index contributed by atoms with van der Waals surface area (Å²) in [5.41, 5.74) is 4.74. The van der Waals surface area contributed by atoms with Crippen molar-refractivity contribution < 1.29 is 4.92 Å². The number of aromatic nitrogens is 3. The van der Waals surface area contributed by atoms with Gasteiger partial charge >= 0.3 is 0 Å². The van der Waals surface area contributed by atoms with E-state index in [1.165, 1.54) is 30.7 Å². The van der Waals surface area contributed by atoms with Gasteiger partial charge in [0.05, 0.1) is 16.0 Å². The zero-order valence-electron chi connectivity index (χ0n) is 21.5. The first kappa shape index (κ1) is 25.9. The highest BCUT2D eigenvalue weighted by molar-refractivity contribution is 7.99. The van der Waals surface area contributed by atoms with Gasteiger partial charge in [0.1, 0.15) is 0 Å². The third-order valence-electron chi connectivity index (χ3n) is 6.70. The molecular weight excluding hydrogens is 500 g/mol. The van der Waals surface area contributed by atoms with Crippen molar-refractivity contribution in [1.82, 2.24) is 15.0 Å². The molecule has 0 aliphatic carbocycles. The number of nitro groups is 1. The van der Waals surface area contributed by atoms with Gasteiger partial charge in [-0.2, -0.15) is 20.1 Å². The summed E-state index contributed by atoms with van der Waals surface area (Å²) in [5, 5.41) is 16.1. The number of hydrogen-bond donors (Lipinski definition) is 1. The molecule has 0 unspecified atom stereocenters. The summed E-state index contributed by atoms with van der Waals surface area (Å²) < 4.78 is 0. The summed E-state index contributed by atoms with van der Waals surface area (Å²) in [6.45, 7) is 5.75. The van der Waals surface area contributed by atoms with Crippen molar-refractivity contribution in [3.63, 3.8) is 0 Å². The fraction of sp³-hybridized carbons (Fsp3) is 0.407. The van der Waals surface area contributed by atoms with Crippen LogP contribution in [0.5, 0.6) is 0 Å². The Balaban J connectivity index is 1.34. The second-order valence-corrected chi connectivity index (χ2v) is 10.7. The summed E-state index contributed by atoms with van der Waals surface area (Å²) in [5.74, 6) is 1.72. The van der Waals surface area contributed by atoms with E-state index in [2.05, 4.69) is 30.3 Å². The molecule has 11 heteroatoms. The number of nitrogens with one attached hydrogen (secondary N) is 1. The maximum Gasteiger partial charge on any atom is 0.283 e. The van der Waals surface area contributed by atoms with Crippen molar-refractivity contribution >= 4 is 41.5 Å². The van der Waals surface area contributed by atoms with E-state index in [9.17, 15) is 10.1 Å². The number of anilines is 3. The van der Waals surface area contributed by atoms with Gasteiger partial charge < -0.3 is 9.80 Å². The minimum atomic E-state index is -0.358. The fourth-order valence-corrected chi connectivity index (χ4v) is 5.52. The molecule has 198 valence electrons. The Kier molecular flexibility index (Phi) is 8.32. The fourth-order valence-electron chi connectivity index (χ4n) is 4.62. The molecule has 5 rings (SSSR count). The SMILES string of the molecule is Cc1ccc(Sc2ccc(/C=N/Nc3nc(N4CCCCC4)nc(N4CCCCC4)n3)cc2[N+](=O)[O-])cc1. The van der Waals surface area contributed by atoms with Crippen molar-refractivity contribution in [2.45, 2.75) is 55.2 Å². The number of nitrogens with zero attached hydrogens (tertiary/aromatic N) is 7. The summed E-state index contributed by atoms with van der Waals surface area (Å²) >= 11 is 1.37.